The van der Waals surface area contributed by atoms with Crippen molar-refractivity contribution in [3.8, 4) is 0 Å². The average Bonchev–Trinajstić information content (AvgIpc) is 2.76. The first kappa shape index (κ1) is 23.6. The van der Waals surface area contributed by atoms with Gasteiger partial charge in [0.25, 0.3) is 5.91 Å². The number of nitrogens with zero attached hydrogens (tertiary/aromatic N) is 2. The summed E-state index contributed by atoms with van der Waals surface area (Å²) in [6.07, 6.45) is 6.15. The van der Waals surface area contributed by atoms with E-state index in [0.717, 1.165) is 38.0 Å². The van der Waals surface area contributed by atoms with Gasteiger partial charge in [0.05, 0.1) is 34.9 Å². The fourth-order valence-electron chi connectivity index (χ4n) is 4.04. The van der Waals surface area contributed by atoms with Gasteiger partial charge in [-0.3, -0.25) is 14.5 Å². The van der Waals surface area contributed by atoms with Crippen LogP contribution in [-0.4, -0.2) is 42.6 Å². The second-order valence-corrected chi connectivity index (χ2v) is 10.1. The predicted molar refractivity (Wildman–Crippen MR) is 130 cm³/mol. The van der Waals surface area contributed by atoms with Crippen LogP contribution in [0.5, 0.6) is 0 Å². The van der Waals surface area contributed by atoms with Gasteiger partial charge in [0, 0.05) is 17.5 Å². The van der Waals surface area contributed by atoms with Crippen LogP contribution >= 0.6 is 0 Å². The molecule has 7 N–H and O–H groups in total. The number of aromatic nitrogens is 2. The molecule has 0 spiro atoms. The third kappa shape index (κ3) is 5.34. The van der Waals surface area contributed by atoms with Gasteiger partial charge in [0.1, 0.15) is 5.82 Å². The number of halogens is 1. The first-order valence-electron chi connectivity index (χ1n) is 10.8. The summed E-state index contributed by atoms with van der Waals surface area (Å²) in [6, 6.07) is 7.53. The van der Waals surface area contributed by atoms with Crippen molar-refractivity contribution in [2.75, 3.05) is 21.6 Å². The summed E-state index contributed by atoms with van der Waals surface area (Å²) < 4.78 is 40.4. The number of carbonyl (C=O) groups is 1. The molecule has 1 fully saturated rings. The molecule has 2 heterocycles. The molecule has 1 aromatic carbocycles. The lowest BCUT2D eigenvalue weighted by Gasteiger charge is -2.30. The monoisotopic (exact) mass is 487 g/mol. The molecule has 1 aliphatic rings. The molecular formula is C22H26FN7O3S. The van der Waals surface area contributed by atoms with Crippen LogP contribution in [0.1, 0.15) is 36.0 Å². The molecule has 3 aromatic rings. The zero-order valence-corrected chi connectivity index (χ0v) is 19.3. The Labute approximate surface area is 196 Å². The van der Waals surface area contributed by atoms with Gasteiger partial charge in [-0.25, -0.2) is 17.8 Å². The van der Waals surface area contributed by atoms with Crippen LogP contribution in [0.25, 0.3) is 10.9 Å². The van der Waals surface area contributed by atoms with E-state index < -0.39 is 21.7 Å². The molecule has 180 valence electrons. The van der Waals surface area contributed by atoms with Crippen molar-refractivity contribution >= 4 is 49.8 Å². The van der Waals surface area contributed by atoms with Crippen LogP contribution in [0.3, 0.4) is 0 Å². The number of fused-ring (bicyclic) bond motifs is 1. The van der Waals surface area contributed by atoms with Crippen molar-refractivity contribution < 1.29 is 17.6 Å². The smallest absolute Gasteiger partial charge is 0.252 e. The average molecular weight is 488 g/mol. The molecule has 0 bridgehead atoms. The van der Waals surface area contributed by atoms with E-state index in [2.05, 4.69) is 25.3 Å². The molecule has 1 aliphatic carbocycles. The largest absolute Gasteiger partial charge is 0.365 e. The van der Waals surface area contributed by atoms with Gasteiger partial charge >= 0.3 is 0 Å². The maximum Gasteiger partial charge on any atom is 0.252 e. The number of sulfonamides is 1. The number of carbonyl (C=O) groups excluding carboxylic acids is 1. The highest BCUT2D eigenvalue weighted by molar-refractivity contribution is 7.92. The van der Waals surface area contributed by atoms with Crippen LogP contribution in [-0.2, 0) is 10.0 Å². The lowest BCUT2D eigenvalue weighted by molar-refractivity contribution is 0.100. The molecule has 10 nitrogen and oxygen atoms in total. The Morgan fingerprint density at radius 2 is 1.94 bits per heavy atom. The van der Waals surface area contributed by atoms with Gasteiger partial charge in [-0.15, -0.1) is 0 Å². The van der Waals surface area contributed by atoms with E-state index in [1.165, 1.54) is 6.20 Å². The molecule has 0 aliphatic heterocycles. The zero-order valence-electron chi connectivity index (χ0n) is 18.5. The number of benzene rings is 1. The van der Waals surface area contributed by atoms with E-state index in [9.17, 15) is 17.6 Å². The van der Waals surface area contributed by atoms with Gasteiger partial charge < -0.3 is 22.1 Å². The minimum Gasteiger partial charge on any atom is -0.365 e. The zero-order chi connectivity index (χ0) is 24.5. The fraction of sp³-hybridized carbons (Fsp3) is 0.318. The van der Waals surface area contributed by atoms with Crippen molar-refractivity contribution in [2.24, 2.45) is 11.5 Å². The van der Waals surface area contributed by atoms with Crippen molar-refractivity contribution in [1.29, 1.82) is 0 Å². The standard InChI is InChI=1S/C22H26FN7O3S/c1-34(32,33)30-18-8-4-5-12-9-13(11-26-19(12)18)27-21-14(20(25)31)10-15(23)22(29-21)28-17-7-3-2-6-16(17)24/h4-5,8-11,16-17,30H,2-3,6-7,24H2,1H3,(H2,25,31)(H2,27,28,29)/t16-,17+/m0/s1. The van der Waals surface area contributed by atoms with Crippen LogP contribution in [0.2, 0.25) is 0 Å². The normalized spacial score (nSPS) is 18.4. The Bertz CT molecular complexity index is 1350. The molecule has 1 saturated carbocycles. The first-order valence-corrected chi connectivity index (χ1v) is 12.7. The maximum atomic E-state index is 14.7. The molecule has 1 amide bonds. The minimum atomic E-state index is -3.49. The van der Waals surface area contributed by atoms with Gasteiger partial charge in [-0.05, 0) is 31.0 Å². The number of hydrogen-bond donors (Lipinski definition) is 5. The number of rotatable bonds is 7. The molecule has 0 radical (unpaired) electrons. The summed E-state index contributed by atoms with van der Waals surface area (Å²) in [6.45, 7) is 0. The van der Waals surface area contributed by atoms with Crippen molar-refractivity contribution in [3.63, 3.8) is 0 Å². The molecule has 12 heteroatoms. The number of pyridine rings is 2. The van der Waals surface area contributed by atoms with Crippen LogP contribution in [0.15, 0.2) is 36.5 Å². The first-order chi connectivity index (χ1) is 16.1. The summed E-state index contributed by atoms with van der Waals surface area (Å²) >= 11 is 0. The van der Waals surface area contributed by atoms with Crippen LogP contribution in [0, 0.1) is 5.82 Å². The summed E-state index contributed by atoms with van der Waals surface area (Å²) in [5, 5.41) is 6.68. The lowest BCUT2D eigenvalue weighted by Crippen LogP contribution is -2.43. The van der Waals surface area contributed by atoms with E-state index in [4.69, 9.17) is 11.5 Å². The maximum absolute atomic E-state index is 14.7. The lowest BCUT2D eigenvalue weighted by atomic mass is 9.91. The highest BCUT2D eigenvalue weighted by atomic mass is 32.2. The van der Waals surface area contributed by atoms with Gasteiger partial charge in [0.2, 0.25) is 10.0 Å². The summed E-state index contributed by atoms with van der Waals surface area (Å²) in [4.78, 5) is 20.6. The number of nitrogens with two attached hydrogens (primary N) is 2. The van der Waals surface area contributed by atoms with E-state index in [0.29, 0.717) is 22.3 Å². The van der Waals surface area contributed by atoms with E-state index in [1.807, 2.05) is 0 Å². The molecule has 4 rings (SSSR count). The highest BCUT2D eigenvalue weighted by Crippen LogP contribution is 2.29. The molecule has 2 atom stereocenters. The molecule has 34 heavy (non-hydrogen) atoms. The number of hydrogen-bond acceptors (Lipinski definition) is 8. The second-order valence-electron chi connectivity index (χ2n) is 8.38. The topological polar surface area (TPSA) is 165 Å². The van der Waals surface area contributed by atoms with Gasteiger partial charge in [0.15, 0.2) is 11.6 Å². The second kappa shape index (κ2) is 9.39. The number of anilines is 4. The third-order valence-electron chi connectivity index (χ3n) is 5.65. The quantitative estimate of drug-likeness (QED) is 0.339. The van der Waals surface area contributed by atoms with Crippen LogP contribution < -0.4 is 26.8 Å². The molecule has 2 aromatic heterocycles. The minimum absolute atomic E-state index is 0.0248. The van der Waals surface area contributed by atoms with Crippen molar-refractivity contribution in [1.82, 2.24) is 9.97 Å². The Morgan fingerprint density at radius 1 is 1.18 bits per heavy atom. The highest BCUT2D eigenvalue weighted by Gasteiger charge is 2.24. The Balaban J connectivity index is 1.67. The van der Waals surface area contributed by atoms with E-state index in [1.54, 1.807) is 24.3 Å². The van der Waals surface area contributed by atoms with Crippen molar-refractivity contribution in [2.45, 2.75) is 37.8 Å². The molecular weight excluding hydrogens is 461 g/mol. The summed E-state index contributed by atoms with van der Waals surface area (Å²) in [5.74, 6) is -1.51. The van der Waals surface area contributed by atoms with E-state index in [-0.39, 0.29) is 29.3 Å². The van der Waals surface area contributed by atoms with Crippen molar-refractivity contribution in [3.05, 3.63) is 47.9 Å². The number of primary amides is 1. The van der Waals surface area contributed by atoms with Gasteiger partial charge in [-0.1, -0.05) is 25.0 Å². The van der Waals surface area contributed by atoms with E-state index >= 15 is 0 Å². The summed E-state index contributed by atoms with van der Waals surface area (Å²) in [5.41, 5.74) is 12.7. The molecule has 0 unspecified atom stereocenters. The SMILES string of the molecule is CS(=O)(=O)Nc1cccc2cc(Nc3nc(N[C@@H]4CCCC[C@@H]4N)c(F)cc3C(N)=O)cnc12. The van der Waals surface area contributed by atoms with Crippen LogP contribution in [0.4, 0.5) is 27.4 Å². The molecule has 0 saturated heterocycles. The fourth-order valence-corrected chi connectivity index (χ4v) is 4.60. The Morgan fingerprint density at radius 3 is 2.65 bits per heavy atom. The third-order valence-corrected chi connectivity index (χ3v) is 6.24. The Kier molecular flexibility index (Phi) is 6.53. The number of nitrogens with one attached hydrogen (secondary N) is 3. The number of para-hydroxylation sites is 1. The number of amides is 1. The summed E-state index contributed by atoms with van der Waals surface area (Å²) in [7, 11) is -3.49. The predicted octanol–water partition coefficient (Wildman–Crippen LogP) is 2.66. The Hall–Kier alpha value is -3.51. The van der Waals surface area contributed by atoms with Gasteiger partial charge in [-0.2, -0.15) is 0 Å².